The predicted molar refractivity (Wildman–Crippen MR) is 100 cm³/mol. The Morgan fingerprint density at radius 1 is 0.900 bits per heavy atom. The first-order valence-corrected chi connectivity index (χ1v) is 8.66. The quantitative estimate of drug-likeness (QED) is 0.443. The van der Waals surface area contributed by atoms with Crippen molar-refractivity contribution in [3.05, 3.63) is 89.8 Å². The molecule has 4 aromatic rings. The molecular weight excluding hydrogens is 405 g/mol. The van der Waals surface area contributed by atoms with Crippen molar-refractivity contribution in [2.45, 2.75) is 6.18 Å². The number of carbonyl (C=O) groups is 1. The number of hydrogen-bond donors (Lipinski definition) is 1. The average molecular weight is 417 g/mol. The highest BCUT2D eigenvalue weighted by molar-refractivity contribution is 6.04. The second kappa shape index (κ2) is 7.25. The molecule has 1 N–H and O–H groups in total. The zero-order valence-electron chi connectivity index (χ0n) is 15.0. The van der Waals surface area contributed by atoms with Gasteiger partial charge < -0.3 is 5.32 Å². The third-order valence-electron chi connectivity index (χ3n) is 4.39. The second-order valence-electron chi connectivity index (χ2n) is 6.36. The van der Waals surface area contributed by atoms with Crippen molar-refractivity contribution in [2.24, 2.45) is 0 Å². The smallest absolute Gasteiger partial charge is 0.322 e. The zero-order valence-corrected chi connectivity index (χ0v) is 15.0. The second-order valence-corrected chi connectivity index (χ2v) is 6.36. The lowest BCUT2D eigenvalue weighted by molar-refractivity contribution is -0.145. The molecule has 0 radical (unpaired) electrons. The van der Waals surface area contributed by atoms with Crippen LogP contribution in [0.2, 0.25) is 0 Å². The van der Waals surface area contributed by atoms with Crippen LogP contribution in [0.3, 0.4) is 0 Å². The molecule has 4 rings (SSSR count). The molecule has 0 aliphatic rings. The largest absolute Gasteiger partial charge is 0.450 e. The topological polar surface area (TPSA) is 46.9 Å². The van der Waals surface area contributed by atoms with Crippen LogP contribution in [0, 0.1) is 11.6 Å². The van der Waals surface area contributed by atoms with E-state index in [1.807, 2.05) is 0 Å². The fraction of sp³-hybridized carbons (Fsp3) is 0.0476. The number of nitrogens with zero attached hydrogens (tertiary/aromatic N) is 2. The van der Waals surface area contributed by atoms with Gasteiger partial charge in [0.1, 0.15) is 0 Å². The molecule has 3 aromatic carbocycles. The van der Waals surface area contributed by atoms with Crippen LogP contribution in [0.5, 0.6) is 0 Å². The highest BCUT2D eigenvalue weighted by Gasteiger charge is 2.38. The number of benzene rings is 3. The highest BCUT2D eigenvalue weighted by atomic mass is 19.4. The lowest BCUT2D eigenvalue weighted by Crippen LogP contribution is -2.15. The summed E-state index contributed by atoms with van der Waals surface area (Å²) in [6.07, 6.45) is -4.68. The monoisotopic (exact) mass is 417 g/mol. The van der Waals surface area contributed by atoms with Gasteiger partial charge in [-0.15, -0.1) is 0 Å². The van der Waals surface area contributed by atoms with Crippen molar-refractivity contribution in [1.82, 2.24) is 9.55 Å². The molecule has 0 atom stereocenters. The fourth-order valence-corrected chi connectivity index (χ4v) is 3.05. The van der Waals surface area contributed by atoms with E-state index in [2.05, 4.69) is 10.3 Å². The van der Waals surface area contributed by atoms with E-state index < -0.39 is 35.1 Å². The van der Waals surface area contributed by atoms with Gasteiger partial charge in [-0.2, -0.15) is 13.2 Å². The van der Waals surface area contributed by atoms with Gasteiger partial charge in [-0.3, -0.25) is 9.36 Å². The first-order valence-electron chi connectivity index (χ1n) is 8.66. The summed E-state index contributed by atoms with van der Waals surface area (Å²) in [4.78, 5) is 15.9. The van der Waals surface area contributed by atoms with E-state index in [1.165, 1.54) is 42.5 Å². The lowest BCUT2D eigenvalue weighted by atomic mass is 10.2. The van der Waals surface area contributed by atoms with Gasteiger partial charge in [0, 0.05) is 11.4 Å². The van der Waals surface area contributed by atoms with Crippen molar-refractivity contribution in [3.8, 4) is 5.69 Å². The maximum absolute atomic E-state index is 13.8. The molecule has 4 nitrogen and oxygen atoms in total. The molecule has 0 spiro atoms. The number of para-hydroxylation sites is 2. The molecule has 1 amide bonds. The van der Waals surface area contributed by atoms with E-state index in [1.54, 1.807) is 12.1 Å². The van der Waals surface area contributed by atoms with Crippen molar-refractivity contribution in [1.29, 1.82) is 0 Å². The van der Waals surface area contributed by atoms with Crippen molar-refractivity contribution < 1.29 is 26.7 Å². The number of aromatic nitrogens is 2. The van der Waals surface area contributed by atoms with E-state index in [0.29, 0.717) is 0 Å². The van der Waals surface area contributed by atoms with Gasteiger partial charge in [0.05, 0.1) is 16.6 Å². The third-order valence-corrected chi connectivity index (χ3v) is 4.39. The number of nitrogens with one attached hydrogen (secondary N) is 1. The standard InChI is InChI=1S/C21H12F5N3O/c22-15-5-3-4-14(18(15)23)19(30)27-12-8-10-13(11-9-12)29-17-7-2-1-6-16(17)28-20(29)21(24,25)26/h1-11H,(H,27,30). The Balaban J connectivity index is 1.68. The van der Waals surface area contributed by atoms with Crippen molar-refractivity contribution in [3.63, 3.8) is 0 Å². The van der Waals surface area contributed by atoms with Gasteiger partial charge in [-0.05, 0) is 48.5 Å². The zero-order chi connectivity index (χ0) is 21.5. The Bertz CT molecular complexity index is 1250. The number of carbonyl (C=O) groups excluding carboxylic acids is 1. The van der Waals surface area contributed by atoms with Crippen molar-refractivity contribution >= 4 is 22.6 Å². The van der Waals surface area contributed by atoms with Gasteiger partial charge in [0.2, 0.25) is 5.82 Å². The number of hydrogen-bond acceptors (Lipinski definition) is 2. The summed E-state index contributed by atoms with van der Waals surface area (Å²) in [7, 11) is 0. The number of amides is 1. The van der Waals surface area contributed by atoms with E-state index in [9.17, 15) is 26.7 Å². The molecule has 0 saturated heterocycles. The maximum atomic E-state index is 13.8. The minimum Gasteiger partial charge on any atom is -0.322 e. The van der Waals surface area contributed by atoms with E-state index in [4.69, 9.17) is 0 Å². The number of rotatable bonds is 3. The molecule has 0 aliphatic heterocycles. The Hall–Kier alpha value is -3.75. The summed E-state index contributed by atoms with van der Waals surface area (Å²) >= 11 is 0. The Labute approximate surface area is 166 Å². The Morgan fingerprint density at radius 2 is 1.60 bits per heavy atom. The van der Waals surface area contributed by atoms with Gasteiger partial charge in [0.15, 0.2) is 11.6 Å². The van der Waals surface area contributed by atoms with Crippen LogP contribution in [0.15, 0.2) is 66.7 Å². The van der Waals surface area contributed by atoms with E-state index >= 15 is 0 Å². The minimum atomic E-state index is -4.68. The number of alkyl halides is 3. The highest BCUT2D eigenvalue weighted by Crippen LogP contribution is 2.34. The molecule has 30 heavy (non-hydrogen) atoms. The van der Waals surface area contributed by atoms with Gasteiger partial charge in [-0.25, -0.2) is 13.8 Å². The third kappa shape index (κ3) is 3.49. The molecular formula is C21H12F5N3O. The van der Waals surface area contributed by atoms with Crippen LogP contribution >= 0.6 is 0 Å². The summed E-state index contributed by atoms with van der Waals surface area (Å²) in [5.41, 5.74) is 0.336. The first kappa shape index (κ1) is 19.6. The first-order chi connectivity index (χ1) is 14.3. The van der Waals surface area contributed by atoms with Crippen LogP contribution in [0.4, 0.5) is 27.6 Å². The molecule has 0 bridgehead atoms. The number of anilines is 1. The predicted octanol–water partition coefficient (Wildman–Crippen LogP) is 5.57. The summed E-state index contributed by atoms with van der Waals surface area (Å²) in [6.45, 7) is 0. The number of imidazole rings is 1. The molecule has 0 saturated carbocycles. The summed E-state index contributed by atoms with van der Waals surface area (Å²) in [6, 6.07) is 14.8. The molecule has 0 unspecified atom stereocenters. The minimum absolute atomic E-state index is 0.172. The molecule has 0 aliphatic carbocycles. The molecule has 1 heterocycles. The van der Waals surface area contributed by atoms with Gasteiger partial charge in [-0.1, -0.05) is 18.2 Å². The number of fused-ring (bicyclic) bond motifs is 1. The Kier molecular flexibility index (Phi) is 4.73. The van der Waals surface area contributed by atoms with Gasteiger partial charge in [0.25, 0.3) is 5.91 Å². The maximum Gasteiger partial charge on any atom is 0.450 e. The molecule has 1 aromatic heterocycles. The summed E-state index contributed by atoms with van der Waals surface area (Å²) in [5.74, 6) is -4.41. The van der Waals surface area contributed by atoms with Crippen molar-refractivity contribution in [2.75, 3.05) is 5.32 Å². The summed E-state index contributed by atoms with van der Waals surface area (Å²) in [5, 5.41) is 2.39. The number of halogens is 5. The van der Waals surface area contributed by atoms with Gasteiger partial charge >= 0.3 is 6.18 Å². The summed E-state index contributed by atoms with van der Waals surface area (Å²) < 4.78 is 68.4. The van der Waals surface area contributed by atoms with Crippen LogP contribution in [0.1, 0.15) is 16.2 Å². The SMILES string of the molecule is O=C(Nc1ccc(-n2c(C(F)(F)F)nc3ccccc32)cc1)c1cccc(F)c1F. The van der Waals surface area contributed by atoms with Crippen LogP contribution in [-0.4, -0.2) is 15.5 Å². The Morgan fingerprint density at radius 3 is 2.30 bits per heavy atom. The van der Waals surface area contributed by atoms with E-state index in [0.717, 1.165) is 16.7 Å². The van der Waals surface area contributed by atoms with Crippen LogP contribution in [-0.2, 0) is 6.18 Å². The van der Waals surface area contributed by atoms with Crippen LogP contribution < -0.4 is 5.32 Å². The normalized spacial score (nSPS) is 11.6. The van der Waals surface area contributed by atoms with Crippen LogP contribution in [0.25, 0.3) is 16.7 Å². The molecule has 0 fully saturated rings. The fourth-order valence-electron chi connectivity index (χ4n) is 3.05. The molecule has 9 heteroatoms. The molecule has 152 valence electrons. The average Bonchev–Trinajstić information content (AvgIpc) is 3.11. The van der Waals surface area contributed by atoms with E-state index in [-0.39, 0.29) is 22.4 Å². The lowest BCUT2D eigenvalue weighted by Gasteiger charge is -2.12.